The molecular formula is C15H23NO2S. The molecule has 3 nitrogen and oxygen atoms in total. The number of rotatable bonds is 7. The van der Waals surface area contributed by atoms with Crippen LogP contribution in [0.1, 0.15) is 36.5 Å². The normalized spacial score (nSPS) is 12.2. The van der Waals surface area contributed by atoms with Crippen LogP contribution in [0.25, 0.3) is 0 Å². The Kier molecular flexibility index (Phi) is 6.78. The van der Waals surface area contributed by atoms with Crippen molar-refractivity contribution in [3.63, 3.8) is 0 Å². The summed E-state index contributed by atoms with van der Waals surface area (Å²) in [5.74, 6) is 0.434. The predicted octanol–water partition coefficient (Wildman–Crippen LogP) is 2.47. The molecule has 1 aromatic carbocycles. The van der Waals surface area contributed by atoms with E-state index in [4.69, 9.17) is 0 Å². The molecule has 0 spiro atoms. The van der Waals surface area contributed by atoms with Gasteiger partial charge < -0.3 is 5.32 Å². The molecule has 0 heterocycles. The fraction of sp³-hybridized carbons (Fsp3) is 0.533. The van der Waals surface area contributed by atoms with Crippen molar-refractivity contribution in [2.75, 3.05) is 12.3 Å². The van der Waals surface area contributed by atoms with Crippen molar-refractivity contribution in [3.8, 4) is 0 Å². The Morgan fingerprint density at radius 3 is 2.74 bits per heavy atom. The van der Waals surface area contributed by atoms with E-state index in [2.05, 4.69) is 12.2 Å². The van der Waals surface area contributed by atoms with Gasteiger partial charge in [0.05, 0.1) is 0 Å². The smallest absolute Gasteiger partial charge is 0.232 e. The first-order valence-electron chi connectivity index (χ1n) is 6.70. The average molecular weight is 281 g/mol. The van der Waals surface area contributed by atoms with Gasteiger partial charge in [-0.05, 0) is 31.4 Å². The Labute approximate surface area is 118 Å². The molecule has 1 rings (SSSR count). The molecule has 0 aliphatic rings. The molecule has 1 unspecified atom stereocenters. The lowest BCUT2D eigenvalue weighted by atomic mass is 10.1. The fourth-order valence-electron chi connectivity index (χ4n) is 1.78. The molecule has 0 saturated carbocycles. The van der Waals surface area contributed by atoms with Gasteiger partial charge >= 0.3 is 0 Å². The molecular weight excluding hydrogens is 258 g/mol. The summed E-state index contributed by atoms with van der Waals surface area (Å²) >= 11 is 0. The third-order valence-electron chi connectivity index (χ3n) is 2.97. The van der Waals surface area contributed by atoms with Crippen LogP contribution in [0.4, 0.5) is 0 Å². The summed E-state index contributed by atoms with van der Waals surface area (Å²) < 4.78 is 12.0. The third-order valence-corrected chi connectivity index (χ3v) is 4.18. The van der Waals surface area contributed by atoms with Crippen molar-refractivity contribution in [3.05, 3.63) is 34.9 Å². The summed E-state index contributed by atoms with van der Waals surface area (Å²) in [4.78, 5) is 11.6. The van der Waals surface area contributed by atoms with E-state index < -0.39 is 10.8 Å². The van der Waals surface area contributed by atoms with Crippen molar-refractivity contribution in [2.24, 2.45) is 0 Å². The molecule has 0 radical (unpaired) electrons. The van der Waals surface area contributed by atoms with Gasteiger partial charge in [0.1, 0.15) is 5.75 Å². The van der Waals surface area contributed by atoms with Gasteiger partial charge in [-0.1, -0.05) is 37.1 Å². The van der Waals surface area contributed by atoms with Crippen LogP contribution in [0.15, 0.2) is 18.2 Å². The van der Waals surface area contributed by atoms with Crippen LogP contribution < -0.4 is 5.32 Å². The summed E-state index contributed by atoms with van der Waals surface area (Å²) in [6.07, 6.45) is 2.02. The summed E-state index contributed by atoms with van der Waals surface area (Å²) in [5.41, 5.74) is 3.36. The average Bonchev–Trinajstić information content (AvgIpc) is 2.34. The van der Waals surface area contributed by atoms with Crippen LogP contribution in [0.5, 0.6) is 0 Å². The number of carbonyl (C=O) groups excluding carboxylic acids is 1. The van der Waals surface area contributed by atoms with Crippen molar-refractivity contribution >= 4 is 16.7 Å². The number of hydrogen-bond acceptors (Lipinski definition) is 2. The monoisotopic (exact) mass is 281 g/mol. The SMILES string of the molecule is CCCCNC(=O)CS(=O)Cc1cc(C)ccc1C. The van der Waals surface area contributed by atoms with Gasteiger partial charge in [-0.2, -0.15) is 0 Å². The zero-order valence-corrected chi connectivity index (χ0v) is 12.8. The van der Waals surface area contributed by atoms with Crippen LogP contribution in [0.3, 0.4) is 0 Å². The van der Waals surface area contributed by atoms with Gasteiger partial charge in [0, 0.05) is 23.1 Å². The van der Waals surface area contributed by atoms with E-state index in [0.717, 1.165) is 29.5 Å². The van der Waals surface area contributed by atoms with Gasteiger partial charge in [-0.15, -0.1) is 0 Å². The number of aryl methyl sites for hydroxylation is 2. The minimum atomic E-state index is -1.14. The second-order valence-corrected chi connectivity index (χ2v) is 6.32. The highest BCUT2D eigenvalue weighted by Gasteiger charge is 2.09. The number of unbranched alkanes of at least 4 members (excludes halogenated alkanes) is 1. The van der Waals surface area contributed by atoms with E-state index >= 15 is 0 Å². The van der Waals surface area contributed by atoms with E-state index in [1.807, 2.05) is 32.0 Å². The number of amides is 1. The molecule has 1 N–H and O–H groups in total. The van der Waals surface area contributed by atoms with E-state index in [0.29, 0.717) is 12.3 Å². The lowest BCUT2D eigenvalue weighted by Crippen LogP contribution is -2.29. The van der Waals surface area contributed by atoms with Gasteiger partial charge in [0.15, 0.2) is 0 Å². The maximum absolute atomic E-state index is 12.0. The van der Waals surface area contributed by atoms with E-state index in [-0.39, 0.29) is 11.7 Å². The first-order chi connectivity index (χ1) is 9.02. The quantitative estimate of drug-likeness (QED) is 0.780. The molecule has 0 aliphatic heterocycles. The van der Waals surface area contributed by atoms with Gasteiger partial charge in [-0.25, -0.2) is 0 Å². The van der Waals surface area contributed by atoms with Crippen LogP contribution in [0, 0.1) is 13.8 Å². The van der Waals surface area contributed by atoms with Crippen molar-refractivity contribution < 1.29 is 9.00 Å². The van der Waals surface area contributed by atoms with Crippen LogP contribution >= 0.6 is 0 Å². The number of benzene rings is 1. The van der Waals surface area contributed by atoms with Crippen LogP contribution in [0.2, 0.25) is 0 Å². The van der Waals surface area contributed by atoms with E-state index in [9.17, 15) is 9.00 Å². The van der Waals surface area contributed by atoms with Crippen LogP contribution in [-0.4, -0.2) is 22.4 Å². The fourth-order valence-corrected chi connectivity index (χ4v) is 2.94. The van der Waals surface area contributed by atoms with Crippen molar-refractivity contribution in [1.82, 2.24) is 5.32 Å². The maximum atomic E-state index is 12.0. The third kappa shape index (κ3) is 6.01. The number of nitrogens with one attached hydrogen (secondary N) is 1. The number of carbonyl (C=O) groups is 1. The standard InChI is InChI=1S/C15H23NO2S/c1-4-5-8-16-15(17)11-19(18)10-14-9-12(2)6-7-13(14)3/h6-7,9H,4-5,8,10-11H2,1-3H3,(H,16,17). The Morgan fingerprint density at radius 1 is 1.32 bits per heavy atom. The Balaban J connectivity index is 2.46. The van der Waals surface area contributed by atoms with Crippen LogP contribution in [-0.2, 0) is 21.3 Å². The highest BCUT2D eigenvalue weighted by molar-refractivity contribution is 7.84. The van der Waals surface area contributed by atoms with Crippen molar-refractivity contribution in [2.45, 2.75) is 39.4 Å². The second kappa shape index (κ2) is 8.10. The summed E-state index contributed by atoms with van der Waals surface area (Å²) in [6, 6.07) is 6.12. The molecule has 106 valence electrons. The van der Waals surface area contributed by atoms with Gasteiger partial charge in [0.25, 0.3) is 0 Å². The van der Waals surface area contributed by atoms with E-state index in [1.165, 1.54) is 0 Å². The zero-order valence-electron chi connectivity index (χ0n) is 12.0. The lowest BCUT2D eigenvalue weighted by Gasteiger charge is -2.08. The first kappa shape index (κ1) is 15.9. The largest absolute Gasteiger partial charge is 0.355 e. The summed E-state index contributed by atoms with van der Waals surface area (Å²) in [5, 5.41) is 2.79. The lowest BCUT2D eigenvalue weighted by molar-refractivity contribution is -0.118. The van der Waals surface area contributed by atoms with Crippen molar-refractivity contribution in [1.29, 1.82) is 0 Å². The molecule has 19 heavy (non-hydrogen) atoms. The summed E-state index contributed by atoms with van der Waals surface area (Å²) in [7, 11) is -1.14. The number of hydrogen-bond donors (Lipinski definition) is 1. The van der Waals surface area contributed by atoms with E-state index in [1.54, 1.807) is 0 Å². The minimum Gasteiger partial charge on any atom is -0.355 e. The highest BCUT2D eigenvalue weighted by Crippen LogP contribution is 2.12. The Bertz CT molecular complexity index is 457. The molecule has 0 aliphatic carbocycles. The Morgan fingerprint density at radius 2 is 2.05 bits per heavy atom. The molecule has 0 bridgehead atoms. The first-order valence-corrected chi connectivity index (χ1v) is 8.19. The summed E-state index contributed by atoms with van der Waals surface area (Å²) in [6.45, 7) is 6.78. The molecule has 0 fully saturated rings. The molecule has 4 heteroatoms. The second-order valence-electron chi connectivity index (χ2n) is 4.86. The predicted molar refractivity (Wildman–Crippen MR) is 80.5 cm³/mol. The molecule has 0 aromatic heterocycles. The minimum absolute atomic E-state index is 0.0943. The van der Waals surface area contributed by atoms with Gasteiger partial charge in [-0.3, -0.25) is 9.00 Å². The molecule has 0 saturated heterocycles. The van der Waals surface area contributed by atoms with Gasteiger partial charge in [0.2, 0.25) is 5.91 Å². The molecule has 1 amide bonds. The maximum Gasteiger partial charge on any atom is 0.232 e. The highest BCUT2D eigenvalue weighted by atomic mass is 32.2. The topological polar surface area (TPSA) is 46.2 Å². The Hall–Kier alpha value is -1.16. The zero-order chi connectivity index (χ0) is 14.3. The molecule has 1 atom stereocenters. The molecule has 1 aromatic rings.